The van der Waals surface area contributed by atoms with Gasteiger partial charge in [0.15, 0.2) is 0 Å². The average molecular weight is 430 g/mol. The van der Waals surface area contributed by atoms with Crippen LogP contribution in [0.25, 0.3) is 5.57 Å². The predicted molar refractivity (Wildman–Crippen MR) is 121 cm³/mol. The molecular formula is C26H23FN2O3. The maximum absolute atomic E-state index is 13.5. The summed E-state index contributed by atoms with van der Waals surface area (Å²) in [5.41, 5.74) is 4.56. The number of hydrogen-bond donors (Lipinski definition) is 1. The second-order valence-electron chi connectivity index (χ2n) is 7.73. The van der Waals surface area contributed by atoms with E-state index in [0.29, 0.717) is 17.0 Å². The molecule has 0 atom stereocenters. The molecule has 0 unspecified atom stereocenters. The Morgan fingerprint density at radius 1 is 0.875 bits per heavy atom. The lowest BCUT2D eigenvalue weighted by Crippen LogP contribution is -2.32. The zero-order valence-electron chi connectivity index (χ0n) is 18.1. The van der Waals surface area contributed by atoms with Crippen LogP contribution in [0, 0.1) is 19.7 Å². The maximum atomic E-state index is 13.5. The summed E-state index contributed by atoms with van der Waals surface area (Å²) in [6.07, 6.45) is 0. The third-order valence-electron chi connectivity index (χ3n) is 5.58. The smallest absolute Gasteiger partial charge is 0.278 e. The third-order valence-corrected chi connectivity index (χ3v) is 5.58. The molecule has 0 bridgehead atoms. The van der Waals surface area contributed by atoms with Crippen LogP contribution in [0.4, 0.5) is 10.1 Å². The second kappa shape index (κ2) is 8.67. The van der Waals surface area contributed by atoms with Crippen LogP contribution in [-0.2, 0) is 16.1 Å². The molecule has 1 N–H and O–H groups in total. The van der Waals surface area contributed by atoms with E-state index >= 15 is 0 Å². The Labute approximate surface area is 186 Å². The van der Waals surface area contributed by atoms with Crippen LogP contribution in [0.3, 0.4) is 0 Å². The molecule has 0 spiro atoms. The Morgan fingerprint density at radius 2 is 1.56 bits per heavy atom. The summed E-state index contributed by atoms with van der Waals surface area (Å²) in [6.45, 7) is 4.10. The zero-order chi connectivity index (χ0) is 22.8. The summed E-state index contributed by atoms with van der Waals surface area (Å²) in [4.78, 5) is 27.9. The molecule has 6 heteroatoms. The van der Waals surface area contributed by atoms with Gasteiger partial charge in [-0.15, -0.1) is 0 Å². The number of nitrogens with zero attached hydrogens (tertiary/aromatic N) is 1. The highest BCUT2D eigenvalue weighted by Crippen LogP contribution is 2.32. The summed E-state index contributed by atoms with van der Waals surface area (Å²) >= 11 is 0. The number of hydrogen-bond acceptors (Lipinski definition) is 4. The van der Waals surface area contributed by atoms with Crippen molar-refractivity contribution < 1.29 is 18.7 Å². The minimum atomic E-state index is -0.427. The lowest BCUT2D eigenvalue weighted by molar-refractivity contribution is -0.137. The molecule has 0 aliphatic carbocycles. The Hall–Kier alpha value is -3.93. The van der Waals surface area contributed by atoms with E-state index in [1.165, 1.54) is 29.2 Å². The molecule has 1 heterocycles. The first-order valence-corrected chi connectivity index (χ1v) is 10.2. The van der Waals surface area contributed by atoms with Crippen LogP contribution in [0.15, 0.2) is 72.4 Å². The maximum Gasteiger partial charge on any atom is 0.278 e. The lowest BCUT2D eigenvalue weighted by Gasteiger charge is -2.16. The number of carbonyl (C=O) groups is 2. The van der Waals surface area contributed by atoms with Crippen molar-refractivity contribution in [3.63, 3.8) is 0 Å². The molecule has 2 amide bonds. The van der Waals surface area contributed by atoms with Gasteiger partial charge in [-0.25, -0.2) is 4.39 Å². The monoisotopic (exact) mass is 430 g/mol. The average Bonchev–Trinajstić information content (AvgIpc) is 3.01. The molecule has 0 aromatic heterocycles. The molecule has 3 aromatic carbocycles. The van der Waals surface area contributed by atoms with Gasteiger partial charge in [-0.1, -0.05) is 30.3 Å². The van der Waals surface area contributed by atoms with Crippen LogP contribution >= 0.6 is 0 Å². The number of methoxy groups -OCH3 is 1. The SMILES string of the molecule is COc1ccc(CN2C(=O)C(Nc3ccc(C)c(C)c3)=C(c3ccc(F)cc3)C2=O)cc1. The van der Waals surface area contributed by atoms with Crippen LogP contribution < -0.4 is 10.1 Å². The standard InChI is InChI=1S/C26H23FN2O3/c1-16-4-11-21(14-17(16)2)28-24-23(19-7-9-20(27)10-8-19)25(30)29(26(24)31)15-18-5-12-22(32-3)13-6-18/h4-14,28H,15H2,1-3H3. The molecule has 0 saturated heterocycles. The van der Waals surface area contributed by atoms with Crippen LogP contribution in [0.1, 0.15) is 22.3 Å². The highest BCUT2D eigenvalue weighted by atomic mass is 19.1. The largest absolute Gasteiger partial charge is 0.497 e. The van der Waals surface area contributed by atoms with E-state index in [4.69, 9.17) is 4.74 Å². The highest BCUT2D eigenvalue weighted by Gasteiger charge is 2.39. The second-order valence-corrected chi connectivity index (χ2v) is 7.73. The number of halogens is 1. The van der Waals surface area contributed by atoms with Gasteiger partial charge in [-0.3, -0.25) is 14.5 Å². The van der Waals surface area contributed by atoms with Crippen molar-refractivity contribution >= 4 is 23.1 Å². The van der Waals surface area contributed by atoms with E-state index in [2.05, 4.69) is 5.32 Å². The molecule has 162 valence electrons. The van der Waals surface area contributed by atoms with Gasteiger partial charge in [0.2, 0.25) is 0 Å². The Kier molecular flexibility index (Phi) is 5.77. The Balaban J connectivity index is 1.71. The van der Waals surface area contributed by atoms with E-state index in [9.17, 15) is 14.0 Å². The normalized spacial score (nSPS) is 13.7. The van der Waals surface area contributed by atoms with E-state index in [0.717, 1.165) is 16.7 Å². The number of imide groups is 1. The molecule has 0 saturated carbocycles. The predicted octanol–water partition coefficient (Wildman–Crippen LogP) is 4.84. The summed E-state index contributed by atoms with van der Waals surface area (Å²) in [5, 5.41) is 3.14. The van der Waals surface area contributed by atoms with Crippen molar-refractivity contribution in [3.05, 3.63) is 100 Å². The van der Waals surface area contributed by atoms with Gasteiger partial charge in [-0.05, 0) is 72.5 Å². The number of amides is 2. The van der Waals surface area contributed by atoms with E-state index in [1.54, 1.807) is 19.2 Å². The fraction of sp³-hybridized carbons (Fsp3) is 0.154. The van der Waals surface area contributed by atoms with Gasteiger partial charge in [-0.2, -0.15) is 0 Å². The molecule has 5 nitrogen and oxygen atoms in total. The minimum absolute atomic E-state index is 0.116. The first-order chi connectivity index (χ1) is 15.4. The number of benzene rings is 3. The van der Waals surface area contributed by atoms with Crippen molar-refractivity contribution in [1.82, 2.24) is 4.90 Å². The first-order valence-electron chi connectivity index (χ1n) is 10.2. The topological polar surface area (TPSA) is 58.6 Å². The molecule has 32 heavy (non-hydrogen) atoms. The fourth-order valence-electron chi connectivity index (χ4n) is 3.60. The van der Waals surface area contributed by atoms with Crippen molar-refractivity contribution in [2.75, 3.05) is 12.4 Å². The summed E-state index contributed by atoms with van der Waals surface area (Å²) < 4.78 is 18.7. The van der Waals surface area contributed by atoms with Crippen molar-refractivity contribution in [1.29, 1.82) is 0 Å². The van der Waals surface area contributed by atoms with Gasteiger partial charge in [0.1, 0.15) is 17.3 Å². The van der Waals surface area contributed by atoms with Gasteiger partial charge in [0.05, 0.1) is 19.2 Å². The molecule has 0 fully saturated rings. The number of ether oxygens (including phenoxy) is 1. The summed E-state index contributed by atoms with van der Waals surface area (Å²) in [7, 11) is 1.58. The molecule has 1 aliphatic rings. The molecule has 0 radical (unpaired) electrons. The number of nitrogens with one attached hydrogen (secondary N) is 1. The van der Waals surface area contributed by atoms with E-state index in [-0.39, 0.29) is 17.8 Å². The van der Waals surface area contributed by atoms with Crippen molar-refractivity contribution in [2.24, 2.45) is 0 Å². The molecule has 3 aromatic rings. The highest BCUT2D eigenvalue weighted by molar-refractivity contribution is 6.36. The number of rotatable bonds is 6. The van der Waals surface area contributed by atoms with Crippen LogP contribution in [0.5, 0.6) is 5.75 Å². The molecule has 1 aliphatic heterocycles. The zero-order valence-corrected chi connectivity index (χ0v) is 18.1. The first kappa shape index (κ1) is 21.3. The minimum Gasteiger partial charge on any atom is -0.497 e. The summed E-state index contributed by atoms with van der Waals surface area (Å²) in [5.74, 6) is -0.577. The Bertz CT molecular complexity index is 1210. The number of carbonyl (C=O) groups excluding carboxylic acids is 2. The fourth-order valence-corrected chi connectivity index (χ4v) is 3.60. The molecule has 4 rings (SSSR count). The summed E-state index contributed by atoms with van der Waals surface area (Å²) in [6, 6.07) is 18.5. The van der Waals surface area contributed by atoms with E-state index in [1.807, 2.05) is 44.2 Å². The van der Waals surface area contributed by atoms with Crippen molar-refractivity contribution in [2.45, 2.75) is 20.4 Å². The quantitative estimate of drug-likeness (QED) is 0.569. The Morgan fingerprint density at radius 3 is 2.19 bits per heavy atom. The van der Waals surface area contributed by atoms with Crippen LogP contribution in [-0.4, -0.2) is 23.8 Å². The van der Waals surface area contributed by atoms with Gasteiger partial charge in [0.25, 0.3) is 11.8 Å². The van der Waals surface area contributed by atoms with Gasteiger partial charge in [0, 0.05) is 5.69 Å². The van der Waals surface area contributed by atoms with Gasteiger partial charge < -0.3 is 10.1 Å². The molecular weight excluding hydrogens is 407 g/mol. The third kappa shape index (κ3) is 4.12. The van der Waals surface area contributed by atoms with Gasteiger partial charge >= 0.3 is 0 Å². The number of anilines is 1. The van der Waals surface area contributed by atoms with Crippen LogP contribution in [0.2, 0.25) is 0 Å². The number of aryl methyl sites for hydroxylation is 2. The van der Waals surface area contributed by atoms with E-state index < -0.39 is 17.6 Å². The van der Waals surface area contributed by atoms with Crippen molar-refractivity contribution in [3.8, 4) is 5.75 Å². The lowest BCUT2D eigenvalue weighted by atomic mass is 10.0.